The number of benzene rings is 2. The van der Waals surface area contributed by atoms with Gasteiger partial charge in [-0.2, -0.15) is 0 Å². The largest absolute Gasteiger partial charge is 0.390 e. The van der Waals surface area contributed by atoms with Gasteiger partial charge in [-0.1, -0.05) is 58.7 Å². The van der Waals surface area contributed by atoms with Gasteiger partial charge < -0.3 is 15.1 Å². The standard InChI is InChI=1S/C21H23Cl2N3O2/c1-14(2)24-21(27)26(12-15-6-5-7-16(22)10-15)13-17-11-20(25-28-17)18-8-3-4-9-19(18)23/h3-10,14,17H,11-13H2,1-2H3,(H,24,27)/t17-/m1/s1. The molecule has 1 atom stereocenters. The van der Waals surface area contributed by atoms with Gasteiger partial charge in [-0.05, 0) is 37.6 Å². The van der Waals surface area contributed by atoms with E-state index in [0.29, 0.717) is 29.6 Å². The monoisotopic (exact) mass is 419 g/mol. The second kappa shape index (κ2) is 9.30. The van der Waals surface area contributed by atoms with Crippen molar-refractivity contribution < 1.29 is 9.63 Å². The van der Waals surface area contributed by atoms with Gasteiger partial charge in [-0.25, -0.2) is 4.79 Å². The smallest absolute Gasteiger partial charge is 0.318 e. The van der Waals surface area contributed by atoms with Crippen LogP contribution in [0.15, 0.2) is 53.7 Å². The van der Waals surface area contributed by atoms with Gasteiger partial charge in [0.05, 0.1) is 12.3 Å². The fraction of sp³-hybridized carbons (Fsp3) is 0.333. The molecule has 0 bridgehead atoms. The lowest BCUT2D eigenvalue weighted by Crippen LogP contribution is -2.45. The Morgan fingerprint density at radius 1 is 1.25 bits per heavy atom. The zero-order valence-corrected chi connectivity index (χ0v) is 17.4. The third-order valence-electron chi connectivity index (χ3n) is 4.30. The van der Waals surface area contributed by atoms with Crippen LogP contribution in [-0.2, 0) is 11.4 Å². The Morgan fingerprint density at radius 3 is 2.75 bits per heavy atom. The van der Waals surface area contributed by atoms with Gasteiger partial charge in [0.2, 0.25) is 0 Å². The summed E-state index contributed by atoms with van der Waals surface area (Å²) in [5, 5.41) is 8.42. The van der Waals surface area contributed by atoms with E-state index in [1.54, 1.807) is 4.90 Å². The van der Waals surface area contributed by atoms with Crippen molar-refractivity contribution in [1.82, 2.24) is 10.2 Å². The number of nitrogens with zero attached hydrogens (tertiary/aromatic N) is 2. The molecule has 0 aliphatic carbocycles. The number of hydrogen-bond acceptors (Lipinski definition) is 3. The fourth-order valence-electron chi connectivity index (χ4n) is 3.04. The van der Waals surface area contributed by atoms with Gasteiger partial charge >= 0.3 is 6.03 Å². The van der Waals surface area contributed by atoms with Gasteiger partial charge in [0.25, 0.3) is 0 Å². The molecule has 0 spiro atoms. The van der Waals surface area contributed by atoms with Crippen LogP contribution < -0.4 is 5.32 Å². The number of carbonyl (C=O) groups excluding carboxylic acids is 1. The van der Waals surface area contributed by atoms with Gasteiger partial charge in [-0.15, -0.1) is 0 Å². The lowest BCUT2D eigenvalue weighted by molar-refractivity contribution is 0.0586. The van der Waals surface area contributed by atoms with E-state index >= 15 is 0 Å². The van der Waals surface area contributed by atoms with Crippen molar-refractivity contribution in [2.75, 3.05) is 6.54 Å². The van der Waals surface area contributed by atoms with E-state index < -0.39 is 0 Å². The van der Waals surface area contributed by atoms with E-state index in [1.165, 1.54) is 0 Å². The van der Waals surface area contributed by atoms with Crippen LogP contribution >= 0.6 is 23.2 Å². The highest BCUT2D eigenvalue weighted by molar-refractivity contribution is 6.34. The first-order valence-corrected chi connectivity index (χ1v) is 9.95. The van der Waals surface area contributed by atoms with E-state index in [4.69, 9.17) is 28.0 Å². The van der Waals surface area contributed by atoms with Gasteiger partial charge in [0.1, 0.15) is 0 Å². The zero-order chi connectivity index (χ0) is 20.1. The molecule has 0 radical (unpaired) electrons. The maximum Gasteiger partial charge on any atom is 0.318 e. The number of urea groups is 1. The Morgan fingerprint density at radius 2 is 2.04 bits per heavy atom. The van der Waals surface area contributed by atoms with Crippen LogP contribution in [0.25, 0.3) is 0 Å². The van der Waals surface area contributed by atoms with Crippen molar-refractivity contribution in [3.8, 4) is 0 Å². The SMILES string of the molecule is CC(C)NC(=O)N(Cc1cccc(Cl)c1)C[C@H]1CC(c2ccccc2Cl)=NO1. The Hall–Kier alpha value is -2.24. The maximum absolute atomic E-state index is 12.7. The van der Waals surface area contributed by atoms with E-state index in [9.17, 15) is 4.79 Å². The first-order chi connectivity index (χ1) is 13.4. The number of carbonyl (C=O) groups is 1. The summed E-state index contributed by atoms with van der Waals surface area (Å²) in [7, 11) is 0. The van der Waals surface area contributed by atoms with Crippen molar-refractivity contribution >= 4 is 34.9 Å². The van der Waals surface area contributed by atoms with E-state index in [-0.39, 0.29) is 18.2 Å². The highest BCUT2D eigenvalue weighted by Crippen LogP contribution is 2.24. The number of hydrogen-bond donors (Lipinski definition) is 1. The minimum Gasteiger partial charge on any atom is -0.390 e. The summed E-state index contributed by atoms with van der Waals surface area (Å²) in [6.07, 6.45) is 0.355. The van der Waals surface area contributed by atoms with Crippen LogP contribution in [0.4, 0.5) is 4.79 Å². The highest BCUT2D eigenvalue weighted by atomic mass is 35.5. The molecular formula is C21H23Cl2N3O2. The van der Waals surface area contributed by atoms with Crippen molar-refractivity contribution in [3.05, 3.63) is 69.7 Å². The molecule has 2 aromatic carbocycles. The molecule has 0 saturated carbocycles. The van der Waals surface area contributed by atoms with Crippen molar-refractivity contribution in [1.29, 1.82) is 0 Å². The van der Waals surface area contributed by atoms with E-state index in [0.717, 1.165) is 16.8 Å². The topological polar surface area (TPSA) is 53.9 Å². The van der Waals surface area contributed by atoms with Crippen LogP contribution in [0.1, 0.15) is 31.4 Å². The zero-order valence-electron chi connectivity index (χ0n) is 15.9. The molecule has 28 heavy (non-hydrogen) atoms. The summed E-state index contributed by atoms with van der Waals surface area (Å²) >= 11 is 12.4. The second-order valence-electron chi connectivity index (χ2n) is 7.06. The molecule has 1 aliphatic rings. The average molecular weight is 420 g/mol. The Balaban J connectivity index is 1.69. The number of rotatable bonds is 6. The normalized spacial score (nSPS) is 15.9. The van der Waals surface area contributed by atoms with Crippen LogP contribution in [0.3, 0.4) is 0 Å². The molecule has 2 amide bonds. The van der Waals surface area contributed by atoms with Crippen molar-refractivity contribution in [2.24, 2.45) is 5.16 Å². The molecule has 7 heteroatoms. The highest BCUT2D eigenvalue weighted by Gasteiger charge is 2.28. The van der Waals surface area contributed by atoms with E-state index in [2.05, 4.69) is 10.5 Å². The lowest BCUT2D eigenvalue weighted by atomic mass is 10.0. The van der Waals surface area contributed by atoms with Gasteiger partial charge in [0.15, 0.2) is 6.10 Å². The summed E-state index contributed by atoms with van der Waals surface area (Å²) in [4.78, 5) is 20.0. The average Bonchev–Trinajstić information content (AvgIpc) is 3.09. The molecule has 5 nitrogen and oxygen atoms in total. The Kier molecular flexibility index (Phi) is 6.81. The first kappa shape index (κ1) is 20.5. The van der Waals surface area contributed by atoms with Crippen LogP contribution in [0.5, 0.6) is 0 Å². The summed E-state index contributed by atoms with van der Waals surface area (Å²) in [5.41, 5.74) is 2.61. The van der Waals surface area contributed by atoms with E-state index in [1.807, 2.05) is 62.4 Å². The number of halogens is 2. The molecule has 0 fully saturated rings. The second-order valence-corrected chi connectivity index (χ2v) is 7.91. The molecule has 0 saturated heterocycles. The molecule has 3 rings (SSSR count). The molecule has 0 aromatic heterocycles. The molecule has 1 heterocycles. The predicted octanol–water partition coefficient (Wildman–Crippen LogP) is 5.11. The third kappa shape index (κ3) is 5.40. The quantitative estimate of drug-likeness (QED) is 0.707. The predicted molar refractivity (Wildman–Crippen MR) is 113 cm³/mol. The molecule has 148 valence electrons. The molecule has 0 unspecified atom stereocenters. The van der Waals surface area contributed by atoms with Crippen molar-refractivity contribution in [3.63, 3.8) is 0 Å². The molecule has 2 aromatic rings. The summed E-state index contributed by atoms with van der Waals surface area (Å²) < 4.78 is 0. The number of nitrogens with one attached hydrogen (secondary N) is 1. The first-order valence-electron chi connectivity index (χ1n) is 9.20. The van der Waals surface area contributed by atoms with Crippen LogP contribution in [0.2, 0.25) is 10.0 Å². The number of oxime groups is 1. The molecule has 1 N–H and O–H groups in total. The Bertz CT molecular complexity index is 870. The maximum atomic E-state index is 12.7. The fourth-order valence-corrected chi connectivity index (χ4v) is 3.50. The minimum absolute atomic E-state index is 0.0359. The summed E-state index contributed by atoms with van der Waals surface area (Å²) in [5.74, 6) is 0. The summed E-state index contributed by atoms with van der Waals surface area (Å²) in [6, 6.07) is 14.9. The Labute approximate surface area is 175 Å². The van der Waals surface area contributed by atoms with Crippen LogP contribution in [0, 0.1) is 0 Å². The third-order valence-corrected chi connectivity index (χ3v) is 4.87. The van der Waals surface area contributed by atoms with Crippen LogP contribution in [-0.4, -0.2) is 35.3 Å². The van der Waals surface area contributed by atoms with Gasteiger partial charge in [0, 0.05) is 34.6 Å². The summed E-state index contributed by atoms with van der Waals surface area (Å²) in [6.45, 7) is 4.70. The minimum atomic E-state index is -0.233. The lowest BCUT2D eigenvalue weighted by Gasteiger charge is -2.26. The van der Waals surface area contributed by atoms with Gasteiger partial charge in [-0.3, -0.25) is 0 Å². The number of amides is 2. The molecular weight excluding hydrogens is 397 g/mol. The van der Waals surface area contributed by atoms with Crippen molar-refractivity contribution in [2.45, 2.75) is 39.0 Å². The molecule has 1 aliphatic heterocycles.